The highest BCUT2D eigenvalue weighted by Gasteiger charge is 2.12. The van der Waals surface area contributed by atoms with Crippen molar-refractivity contribution in [3.05, 3.63) is 35.4 Å². The number of hydrogen-bond acceptors (Lipinski definition) is 0. The van der Waals surface area contributed by atoms with Gasteiger partial charge in [0.25, 0.3) is 0 Å². The molecule has 1 saturated carbocycles. The molecule has 18 heavy (non-hydrogen) atoms. The third-order valence-corrected chi connectivity index (χ3v) is 4.42. The van der Waals surface area contributed by atoms with Crippen LogP contribution in [0.25, 0.3) is 0 Å². The van der Waals surface area contributed by atoms with Crippen LogP contribution in [0.4, 0.5) is 0 Å². The van der Waals surface area contributed by atoms with Crippen molar-refractivity contribution in [2.45, 2.75) is 71.1 Å². The minimum atomic E-state index is 1.04. The molecule has 0 radical (unpaired) electrons. The van der Waals surface area contributed by atoms with Gasteiger partial charge in [0, 0.05) is 0 Å². The van der Waals surface area contributed by atoms with E-state index in [1.54, 1.807) is 11.1 Å². The Kier molecular flexibility index (Phi) is 5.77. The Hall–Kier alpha value is -0.780. The van der Waals surface area contributed by atoms with Gasteiger partial charge in [-0.3, -0.25) is 0 Å². The molecule has 0 spiro atoms. The Labute approximate surface area is 113 Å². The molecule has 0 saturated heterocycles. The largest absolute Gasteiger partial charge is 0.0651 e. The van der Waals surface area contributed by atoms with Crippen LogP contribution in [0.2, 0.25) is 0 Å². The lowest BCUT2D eigenvalue weighted by Gasteiger charge is -2.21. The molecule has 100 valence electrons. The second-order valence-corrected chi connectivity index (χ2v) is 5.91. The van der Waals surface area contributed by atoms with Crippen molar-refractivity contribution >= 4 is 0 Å². The normalized spacial score (nSPS) is 16.9. The second-order valence-electron chi connectivity index (χ2n) is 5.91. The van der Waals surface area contributed by atoms with Crippen LogP contribution in [-0.2, 0) is 12.8 Å². The Morgan fingerprint density at radius 3 is 2.28 bits per heavy atom. The standard InChI is InChI=1S/C18H28/c1-2-9-17-13-6-7-14-18(17)15-8-12-16-10-4-3-5-11-16/h6-7,13-14,16H,2-5,8-12,15H2,1H3. The first-order valence-electron chi connectivity index (χ1n) is 7.97. The molecule has 0 amide bonds. The van der Waals surface area contributed by atoms with Crippen LogP contribution in [-0.4, -0.2) is 0 Å². The van der Waals surface area contributed by atoms with Gasteiger partial charge in [-0.25, -0.2) is 0 Å². The van der Waals surface area contributed by atoms with Crippen molar-refractivity contribution in [1.29, 1.82) is 0 Å². The maximum Gasteiger partial charge on any atom is -0.0276 e. The van der Waals surface area contributed by atoms with E-state index >= 15 is 0 Å². The van der Waals surface area contributed by atoms with E-state index in [2.05, 4.69) is 31.2 Å². The highest BCUT2D eigenvalue weighted by atomic mass is 14.2. The minimum Gasteiger partial charge on any atom is -0.0651 e. The summed E-state index contributed by atoms with van der Waals surface area (Å²) in [7, 11) is 0. The van der Waals surface area contributed by atoms with Crippen molar-refractivity contribution in [3.63, 3.8) is 0 Å². The molecule has 1 aliphatic carbocycles. The highest BCUT2D eigenvalue weighted by Crippen LogP contribution is 2.28. The van der Waals surface area contributed by atoms with E-state index in [9.17, 15) is 0 Å². The molecule has 0 unspecified atom stereocenters. The van der Waals surface area contributed by atoms with Gasteiger partial charge >= 0.3 is 0 Å². The zero-order chi connectivity index (χ0) is 12.6. The molecular weight excluding hydrogens is 216 g/mol. The van der Waals surface area contributed by atoms with Crippen LogP contribution in [0.3, 0.4) is 0 Å². The van der Waals surface area contributed by atoms with Crippen molar-refractivity contribution in [2.75, 3.05) is 0 Å². The van der Waals surface area contributed by atoms with Gasteiger partial charge in [0.05, 0.1) is 0 Å². The topological polar surface area (TPSA) is 0 Å². The molecule has 0 heteroatoms. The summed E-state index contributed by atoms with van der Waals surface area (Å²) in [6.07, 6.45) is 14.1. The lowest BCUT2D eigenvalue weighted by atomic mass is 9.85. The Morgan fingerprint density at radius 1 is 0.944 bits per heavy atom. The summed E-state index contributed by atoms with van der Waals surface area (Å²) in [5.74, 6) is 1.04. The first-order valence-corrected chi connectivity index (χ1v) is 7.97. The predicted molar refractivity (Wildman–Crippen MR) is 80.0 cm³/mol. The van der Waals surface area contributed by atoms with E-state index in [1.165, 1.54) is 64.2 Å². The van der Waals surface area contributed by atoms with E-state index in [-0.39, 0.29) is 0 Å². The molecule has 0 bridgehead atoms. The number of rotatable bonds is 6. The lowest BCUT2D eigenvalue weighted by molar-refractivity contribution is 0.332. The molecule has 1 fully saturated rings. The zero-order valence-electron chi connectivity index (χ0n) is 12.0. The Morgan fingerprint density at radius 2 is 1.61 bits per heavy atom. The van der Waals surface area contributed by atoms with Crippen molar-refractivity contribution in [3.8, 4) is 0 Å². The van der Waals surface area contributed by atoms with Crippen molar-refractivity contribution in [1.82, 2.24) is 0 Å². The molecule has 0 N–H and O–H groups in total. The van der Waals surface area contributed by atoms with Gasteiger partial charge in [0.1, 0.15) is 0 Å². The summed E-state index contributed by atoms with van der Waals surface area (Å²) < 4.78 is 0. The molecule has 0 aliphatic heterocycles. The molecule has 1 aromatic rings. The van der Waals surface area contributed by atoms with Crippen LogP contribution in [0.1, 0.15) is 69.4 Å². The zero-order valence-corrected chi connectivity index (χ0v) is 12.0. The van der Waals surface area contributed by atoms with Gasteiger partial charge in [-0.05, 0) is 36.3 Å². The molecule has 0 heterocycles. The van der Waals surface area contributed by atoms with Crippen LogP contribution in [0, 0.1) is 5.92 Å². The van der Waals surface area contributed by atoms with Gasteiger partial charge in [0.2, 0.25) is 0 Å². The molecule has 0 atom stereocenters. The van der Waals surface area contributed by atoms with Gasteiger partial charge in [-0.15, -0.1) is 0 Å². The fraction of sp³-hybridized carbons (Fsp3) is 0.667. The van der Waals surface area contributed by atoms with Crippen LogP contribution < -0.4 is 0 Å². The van der Waals surface area contributed by atoms with Gasteiger partial charge < -0.3 is 0 Å². The van der Waals surface area contributed by atoms with Crippen molar-refractivity contribution < 1.29 is 0 Å². The maximum atomic E-state index is 2.34. The predicted octanol–water partition coefficient (Wildman–Crippen LogP) is 5.54. The molecule has 1 aromatic carbocycles. The van der Waals surface area contributed by atoms with E-state index < -0.39 is 0 Å². The molecule has 1 aliphatic rings. The number of aryl methyl sites for hydroxylation is 2. The maximum absolute atomic E-state index is 2.34. The quantitative estimate of drug-likeness (QED) is 0.616. The lowest BCUT2D eigenvalue weighted by Crippen LogP contribution is -2.06. The van der Waals surface area contributed by atoms with E-state index in [0.717, 1.165) is 5.92 Å². The van der Waals surface area contributed by atoms with Gasteiger partial charge in [-0.1, -0.05) is 76.1 Å². The first-order chi connectivity index (χ1) is 8.90. The van der Waals surface area contributed by atoms with Crippen molar-refractivity contribution in [2.24, 2.45) is 5.92 Å². The van der Waals surface area contributed by atoms with Gasteiger partial charge in [-0.2, -0.15) is 0 Å². The van der Waals surface area contributed by atoms with Crippen LogP contribution in [0.15, 0.2) is 24.3 Å². The number of hydrogen-bond donors (Lipinski definition) is 0. The smallest absolute Gasteiger partial charge is 0.0276 e. The third kappa shape index (κ3) is 4.15. The minimum absolute atomic E-state index is 1.04. The number of benzene rings is 1. The molecule has 0 nitrogen and oxygen atoms in total. The molecular formula is C18H28. The summed E-state index contributed by atoms with van der Waals surface area (Å²) in [5, 5.41) is 0. The van der Waals surface area contributed by atoms with E-state index in [0.29, 0.717) is 0 Å². The average Bonchev–Trinajstić information content (AvgIpc) is 2.42. The van der Waals surface area contributed by atoms with E-state index in [4.69, 9.17) is 0 Å². The summed E-state index contributed by atoms with van der Waals surface area (Å²) in [6.45, 7) is 2.28. The van der Waals surface area contributed by atoms with Crippen LogP contribution >= 0.6 is 0 Å². The third-order valence-electron chi connectivity index (χ3n) is 4.42. The first kappa shape index (κ1) is 13.6. The summed E-state index contributed by atoms with van der Waals surface area (Å²) >= 11 is 0. The SMILES string of the molecule is CCCc1ccccc1CCCC1CCCCC1. The highest BCUT2D eigenvalue weighted by molar-refractivity contribution is 5.27. The average molecular weight is 244 g/mol. The Bertz CT molecular complexity index is 334. The fourth-order valence-corrected chi connectivity index (χ4v) is 3.37. The summed E-state index contributed by atoms with van der Waals surface area (Å²) in [4.78, 5) is 0. The molecule has 0 aromatic heterocycles. The second kappa shape index (κ2) is 7.61. The Balaban J connectivity index is 1.78. The summed E-state index contributed by atoms with van der Waals surface area (Å²) in [5.41, 5.74) is 3.19. The van der Waals surface area contributed by atoms with Crippen LogP contribution in [0.5, 0.6) is 0 Å². The monoisotopic (exact) mass is 244 g/mol. The molecule has 2 rings (SSSR count). The summed E-state index contributed by atoms with van der Waals surface area (Å²) in [6, 6.07) is 9.05. The van der Waals surface area contributed by atoms with Gasteiger partial charge in [0.15, 0.2) is 0 Å². The fourth-order valence-electron chi connectivity index (χ4n) is 3.37. The van der Waals surface area contributed by atoms with E-state index in [1.807, 2.05) is 0 Å².